The third-order valence-corrected chi connectivity index (χ3v) is 6.67. The van der Waals surface area contributed by atoms with Crippen molar-refractivity contribution in [3.05, 3.63) is 53.6 Å². The summed E-state index contributed by atoms with van der Waals surface area (Å²) in [5.41, 5.74) is 1.75. The quantitative estimate of drug-likeness (QED) is 0.560. The Morgan fingerprint density at radius 3 is 2.38 bits per heavy atom. The fourth-order valence-corrected chi connectivity index (χ4v) is 3.91. The zero-order valence-electron chi connectivity index (χ0n) is 16.3. The van der Waals surface area contributed by atoms with E-state index in [0.717, 1.165) is 5.56 Å². The van der Waals surface area contributed by atoms with E-state index in [1.165, 1.54) is 18.2 Å². The minimum atomic E-state index is -3.58. The van der Waals surface area contributed by atoms with Gasteiger partial charge in [0.05, 0.1) is 15.7 Å². The molecule has 0 saturated heterocycles. The second-order valence-corrected chi connectivity index (χ2v) is 9.41. The Morgan fingerprint density at radius 1 is 1.17 bits per heavy atom. The van der Waals surface area contributed by atoms with Gasteiger partial charge in [-0.2, -0.15) is 5.26 Å². The first kappa shape index (κ1) is 22.6. The molecule has 0 aliphatic rings. The molecule has 0 spiro atoms. The van der Waals surface area contributed by atoms with E-state index < -0.39 is 22.2 Å². The lowest BCUT2D eigenvalue weighted by Gasteiger charge is -2.11. The van der Waals surface area contributed by atoms with E-state index in [2.05, 4.69) is 5.32 Å². The number of carbonyl (C=O) groups is 1. The Kier molecular flexibility index (Phi) is 7.56. The first-order valence-electron chi connectivity index (χ1n) is 9.18. The van der Waals surface area contributed by atoms with Crippen LogP contribution in [0, 0.1) is 11.3 Å². The molecule has 29 heavy (non-hydrogen) atoms. The first-order chi connectivity index (χ1) is 13.6. The van der Waals surface area contributed by atoms with Crippen LogP contribution in [0.3, 0.4) is 0 Å². The first-order valence-corrected chi connectivity index (χ1v) is 10.7. The molecule has 152 valence electrons. The second-order valence-electron chi connectivity index (χ2n) is 6.93. The fraction of sp³-hybridized carbons (Fsp3) is 0.300. The monoisotopic (exact) mass is 414 g/mol. The van der Waals surface area contributed by atoms with Crippen molar-refractivity contribution in [1.82, 2.24) is 0 Å². The molecule has 0 fully saturated rings. The number of benzene rings is 2. The van der Waals surface area contributed by atoms with Crippen LogP contribution in [0.4, 0.5) is 5.69 Å². The number of nitrogens with one attached hydrogen (secondary N) is 1. The predicted molar refractivity (Wildman–Crippen MR) is 111 cm³/mol. The zero-order valence-corrected chi connectivity index (χ0v) is 17.1. The summed E-state index contributed by atoms with van der Waals surface area (Å²) in [6.07, 6.45) is 1.47. The van der Waals surface area contributed by atoms with Gasteiger partial charge in [0.1, 0.15) is 6.07 Å². The normalized spacial score (nSPS) is 11.2. The maximum Gasteiger partial charge on any atom is 0.488 e. The van der Waals surface area contributed by atoms with E-state index in [-0.39, 0.29) is 22.8 Å². The molecular weight excluding hydrogens is 391 g/mol. The average molecular weight is 414 g/mol. The minimum Gasteiger partial charge on any atom is -0.423 e. The van der Waals surface area contributed by atoms with Gasteiger partial charge >= 0.3 is 7.12 Å². The molecule has 9 heteroatoms. The van der Waals surface area contributed by atoms with Crippen LogP contribution in [0.15, 0.2) is 47.4 Å². The molecule has 0 aliphatic heterocycles. The Balaban J connectivity index is 1.96. The molecule has 2 rings (SSSR count). The zero-order chi connectivity index (χ0) is 21.6. The minimum absolute atomic E-state index is 0.00246. The average Bonchev–Trinajstić information content (AvgIpc) is 2.68. The van der Waals surface area contributed by atoms with Gasteiger partial charge in [-0.05, 0) is 55.9 Å². The van der Waals surface area contributed by atoms with E-state index >= 15 is 0 Å². The van der Waals surface area contributed by atoms with Crippen molar-refractivity contribution in [2.75, 3.05) is 5.32 Å². The van der Waals surface area contributed by atoms with Crippen molar-refractivity contribution in [3.8, 4) is 6.07 Å². The molecule has 0 aromatic heterocycles. The van der Waals surface area contributed by atoms with Crippen LogP contribution in [-0.4, -0.2) is 36.7 Å². The number of sulfone groups is 1. The van der Waals surface area contributed by atoms with Crippen molar-refractivity contribution in [2.24, 2.45) is 0 Å². The van der Waals surface area contributed by atoms with Crippen LogP contribution in [0.25, 0.3) is 0 Å². The third-order valence-electron chi connectivity index (χ3n) is 4.46. The molecule has 2 aromatic carbocycles. The van der Waals surface area contributed by atoms with Gasteiger partial charge in [0.15, 0.2) is 9.84 Å². The molecule has 0 atom stereocenters. The van der Waals surface area contributed by atoms with Gasteiger partial charge in [-0.15, -0.1) is 0 Å². The summed E-state index contributed by atoms with van der Waals surface area (Å²) < 4.78 is 24.6. The molecule has 2 aromatic rings. The number of nitriles is 1. The Hall–Kier alpha value is -2.67. The Bertz CT molecular complexity index is 1010. The molecule has 7 nitrogen and oxygen atoms in total. The highest BCUT2D eigenvalue weighted by Gasteiger charge is 2.23. The van der Waals surface area contributed by atoms with Gasteiger partial charge in [-0.3, -0.25) is 4.79 Å². The van der Waals surface area contributed by atoms with Gasteiger partial charge in [0, 0.05) is 12.1 Å². The molecule has 0 radical (unpaired) electrons. The van der Waals surface area contributed by atoms with Gasteiger partial charge < -0.3 is 15.4 Å². The lowest BCUT2D eigenvalue weighted by molar-refractivity contribution is -0.116. The van der Waals surface area contributed by atoms with Crippen molar-refractivity contribution >= 4 is 34.0 Å². The maximum atomic E-state index is 12.3. The van der Waals surface area contributed by atoms with E-state index in [9.17, 15) is 18.5 Å². The van der Waals surface area contributed by atoms with Crippen LogP contribution >= 0.6 is 0 Å². The smallest absolute Gasteiger partial charge is 0.423 e. The van der Waals surface area contributed by atoms with E-state index in [4.69, 9.17) is 10.0 Å². The van der Waals surface area contributed by atoms with Crippen molar-refractivity contribution in [1.29, 1.82) is 5.26 Å². The van der Waals surface area contributed by atoms with Crippen molar-refractivity contribution < 1.29 is 23.3 Å². The molecule has 0 bridgehead atoms. The number of carbonyl (C=O) groups excluding carboxylic acids is 1. The summed E-state index contributed by atoms with van der Waals surface area (Å²) in [5.74, 6) is -0.240. The van der Waals surface area contributed by atoms with Gasteiger partial charge in [-0.25, -0.2) is 8.42 Å². The molecule has 0 saturated carbocycles. The topological polar surface area (TPSA) is 127 Å². The van der Waals surface area contributed by atoms with Crippen LogP contribution in [0.5, 0.6) is 0 Å². The van der Waals surface area contributed by atoms with Crippen molar-refractivity contribution in [3.63, 3.8) is 0 Å². The highest BCUT2D eigenvalue weighted by molar-refractivity contribution is 7.92. The highest BCUT2D eigenvalue weighted by Crippen LogP contribution is 2.23. The molecule has 0 heterocycles. The lowest BCUT2D eigenvalue weighted by atomic mass is 9.80. The van der Waals surface area contributed by atoms with Crippen LogP contribution < -0.4 is 10.8 Å². The fourth-order valence-electron chi connectivity index (χ4n) is 2.73. The number of aryl methyl sites for hydroxylation is 1. The molecule has 0 aliphatic carbocycles. The molecular formula is C20H23BN2O5S. The maximum absolute atomic E-state index is 12.3. The van der Waals surface area contributed by atoms with E-state index in [1.54, 1.807) is 38.1 Å². The molecule has 0 unspecified atom stereocenters. The Morgan fingerprint density at radius 2 is 1.83 bits per heavy atom. The summed E-state index contributed by atoms with van der Waals surface area (Å²) in [6.45, 7) is 3.09. The summed E-state index contributed by atoms with van der Waals surface area (Å²) >= 11 is 0. The number of rotatable bonds is 8. The number of nitrogens with zero attached hydrogens (tertiary/aromatic N) is 1. The van der Waals surface area contributed by atoms with Gasteiger partial charge in [0.2, 0.25) is 5.91 Å². The molecule has 1 amide bonds. The summed E-state index contributed by atoms with van der Waals surface area (Å²) in [7, 11) is -5.09. The highest BCUT2D eigenvalue weighted by atomic mass is 32.2. The SMILES string of the molecule is CC(C)S(=O)(=O)c1ccc(NC(=O)CCCc2ccc(B(O)O)cc2)cc1C#N. The third kappa shape index (κ3) is 5.90. The Labute approximate surface area is 171 Å². The summed E-state index contributed by atoms with van der Waals surface area (Å²) in [6, 6.07) is 12.9. The summed E-state index contributed by atoms with van der Waals surface area (Å²) in [4.78, 5) is 12.1. The lowest BCUT2D eigenvalue weighted by Crippen LogP contribution is -2.29. The van der Waals surface area contributed by atoms with Gasteiger partial charge in [-0.1, -0.05) is 24.3 Å². The number of amides is 1. The van der Waals surface area contributed by atoms with E-state index in [1.807, 2.05) is 6.07 Å². The van der Waals surface area contributed by atoms with Crippen LogP contribution in [0.1, 0.15) is 37.8 Å². The van der Waals surface area contributed by atoms with Crippen molar-refractivity contribution in [2.45, 2.75) is 43.3 Å². The predicted octanol–water partition coefficient (Wildman–Crippen LogP) is 1.38. The van der Waals surface area contributed by atoms with Crippen LogP contribution in [0.2, 0.25) is 0 Å². The van der Waals surface area contributed by atoms with E-state index in [0.29, 0.717) is 24.0 Å². The number of anilines is 1. The second kappa shape index (κ2) is 9.70. The summed E-state index contributed by atoms with van der Waals surface area (Å²) in [5, 5.41) is 29.5. The molecule has 3 N–H and O–H groups in total. The number of hydrogen-bond donors (Lipinski definition) is 3. The standard InChI is InChI=1S/C20H23BN2O5S/c1-14(2)29(27,28)19-11-10-18(12-16(19)13-22)23-20(24)5-3-4-15-6-8-17(9-7-15)21(25)26/h6-12,14,25-26H,3-5H2,1-2H3,(H,23,24). The number of hydrogen-bond acceptors (Lipinski definition) is 6. The van der Waals surface area contributed by atoms with Crippen LogP contribution in [-0.2, 0) is 21.1 Å². The van der Waals surface area contributed by atoms with Gasteiger partial charge in [0.25, 0.3) is 0 Å². The largest absolute Gasteiger partial charge is 0.488 e.